The summed E-state index contributed by atoms with van der Waals surface area (Å²) in [6.07, 6.45) is 6.08. The van der Waals surface area contributed by atoms with Crippen molar-refractivity contribution in [1.82, 2.24) is 0 Å². The second-order valence-corrected chi connectivity index (χ2v) is 5.90. The van der Waals surface area contributed by atoms with Crippen LogP contribution >= 0.6 is 15.9 Å². The Bertz CT molecular complexity index is 624. The fourth-order valence-corrected chi connectivity index (χ4v) is 3.10. The van der Waals surface area contributed by atoms with E-state index in [1.807, 2.05) is 18.2 Å². The highest BCUT2D eigenvalue weighted by Gasteiger charge is 2.19. The molecule has 1 saturated carbocycles. The van der Waals surface area contributed by atoms with Crippen molar-refractivity contribution in [1.29, 1.82) is 0 Å². The molecule has 0 atom stereocenters. The molecule has 1 aliphatic rings. The maximum Gasteiger partial charge on any atom is 0.192 e. The SMILES string of the molecule is O=c1cc(C2CCCCC2)oc2ccc(Br)cc12. The van der Waals surface area contributed by atoms with E-state index in [2.05, 4.69) is 15.9 Å². The Morgan fingerprint density at radius 3 is 2.67 bits per heavy atom. The molecule has 3 heteroatoms. The van der Waals surface area contributed by atoms with E-state index in [-0.39, 0.29) is 5.43 Å². The first-order valence-corrected chi connectivity index (χ1v) is 7.26. The minimum Gasteiger partial charge on any atom is -0.461 e. The van der Waals surface area contributed by atoms with Crippen molar-refractivity contribution in [3.05, 3.63) is 44.7 Å². The van der Waals surface area contributed by atoms with Crippen molar-refractivity contribution in [2.45, 2.75) is 38.0 Å². The molecular formula is C15H15BrO2. The zero-order chi connectivity index (χ0) is 12.5. The predicted molar refractivity (Wildman–Crippen MR) is 76.0 cm³/mol. The lowest BCUT2D eigenvalue weighted by Crippen LogP contribution is -2.09. The van der Waals surface area contributed by atoms with Gasteiger partial charge in [0.2, 0.25) is 0 Å². The summed E-state index contributed by atoms with van der Waals surface area (Å²) < 4.78 is 6.83. The fraction of sp³-hybridized carbons (Fsp3) is 0.400. The minimum absolute atomic E-state index is 0.0677. The zero-order valence-corrected chi connectivity index (χ0v) is 11.7. The van der Waals surface area contributed by atoms with Gasteiger partial charge in [0.25, 0.3) is 0 Å². The summed E-state index contributed by atoms with van der Waals surface area (Å²) in [7, 11) is 0. The first kappa shape index (κ1) is 12.0. The van der Waals surface area contributed by atoms with E-state index in [1.165, 1.54) is 19.3 Å². The Morgan fingerprint density at radius 1 is 1.11 bits per heavy atom. The molecule has 0 spiro atoms. The van der Waals surface area contributed by atoms with Crippen LogP contribution in [0.3, 0.4) is 0 Å². The standard InChI is InChI=1S/C15H15BrO2/c16-11-6-7-14-12(8-11)13(17)9-15(18-14)10-4-2-1-3-5-10/h6-10H,1-5H2. The second kappa shape index (κ2) is 4.88. The van der Waals surface area contributed by atoms with Crippen LogP contribution in [-0.2, 0) is 0 Å². The molecule has 0 saturated heterocycles. The molecule has 1 fully saturated rings. The molecule has 1 heterocycles. The van der Waals surface area contributed by atoms with Crippen molar-refractivity contribution >= 4 is 26.9 Å². The van der Waals surface area contributed by atoms with Gasteiger partial charge in [-0.15, -0.1) is 0 Å². The van der Waals surface area contributed by atoms with Gasteiger partial charge in [0, 0.05) is 16.5 Å². The lowest BCUT2D eigenvalue weighted by Gasteiger charge is -2.20. The van der Waals surface area contributed by atoms with Crippen molar-refractivity contribution in [3.63, 3.8) is 0 Å². The van der Waals surface area contributed by atoms with Gasteiger partial charge in [-0.2, -0.15) is 0 Å². The average Bonchev–Trinajstić information content (AvgIpc) is 2.40. The Labute approximate surface area is 114 Å². The third-order valence-electron chi connectivity index (χ3n) is 3.72. The largest absolute Gasteiger partial charge is 0.461 e. The lowest BCUT2D eigenvalue weighted by atomic mass is 9.87. The van der Waals surface area contributed by atoms with Gasteiger partial charge >= 0.3 is 0 Å². The number of hydrogen-bond acceptors (Lipinski definition) is 2. The van der Waals surface area contributed by atoms with Gasteiger partial charge in [0.05, 0.1) is 5.39 Å². The van der Waals surface area contributed by atoms with E-state index in [1.54, 1.807) is 6.07 Å². The first-order chi connectivity index (χ1) is 8.74. The van der Waals surface area contributed by atoms with Crippen LogP contribution in [0.4, 0.5) is 0 Å². The average molecular weight is 307 g/mol. The summed E-state index contributed by atoms with van der Waals surface area (Å²) in [6, 6.07) is 7.29. The van der Waals surface area contributed by atoms with Gasteiger partial charge < -0.3 is 4.42 Å². The summed E-state index contributed by atoms with van der Waals surface area (Å²) >= 11 is 3.38. The highest BCUT2D eigenvalue weighted by molar-refractivity contribution is 9.10. The van der Waals surface area contributed by atoms with E-state index < -0.39 is 0 Å². The third-order valence-corrected chi connectivity index (χ3v) is 4.21. The molecule has 0 amide bonds. The Kier molecular flexibility index (Phi) is 3.25. The summed E-state index contributed by atoms with van der Waals surface area (Å²) in [5.74, 6) is 1.30. The van der Waals surface area contributed by atoms with Gasteiger partial charge in [-0.1, -0.05) is 35.2 Å². The van der Waals surface area contributed by atoms with Crippen molar-refractivity contribution < 1.29 is 4.42 Å². The van der Waals surface area contributed by atoms with Crippen LogP contribution in [0.2, 0.25) is 0 Å². The summed E-state index contributed by atoms with van der Waals surface area (Å²) in [6.45, 7) is 0. The monoisotopic (exact) mass is 306 g/mol. The Hall–Kier alpha value is -1.09. The highest BCUT2D eigenvalue weighted by Crippen LogP contribution is 2.33. The number of benzene rings is 1. The summed E-state index contributed by atoms with van der Waals surface area (Å²) in [5, 5.41) is 0.656. The summed E-state index contributed by atoms with van der Waals surface area (Å²) in [4.78, 5) is 12.1. The topological polar surface area (TPSA) is 30.2 Å². The molecule has 0 unspecified atom stereocenters. The molecule has 0 radical (unpaired) electrons. The van der Waals surface area contributed by atoms with Crippen molar-refractivity contribution in [2.24, 2.45) is 0 Å². The minimum atomic E-state index is 0.0677. The van der Waals surface area contributed by atoms with Crippen LogP contribution in [0.5, 0.6) is 0 Å². The summed E-state index contributed by atoms with van der Waals surface area (Å²) in [5.41, 5.74) is 0.768. The molecule has 18 heavy (non-hydrogen) atoms. The van der Waals surface area contributed by atoms with Gasteiger partial charge in [0.1, 0.15) is 11.3 Å². The number of rotatable bonds is 1. The Balaban J connectivity index is 2.09. The molecule has 1 aromatic heterocycles. The van der Waals surface area contributed by atoms with Crippen LogP contribution in [0, 0.1) is 0 Å². The van der Waals surface area contributed by atoms with Gasteiger partial charge in [-0.3, -0.25) is 4.79 Å². The molecule has 2 nitrogen and oxygen atoms in total. The van der Waals surface area contributed by atoms with E-state index in [0.29, 0.717) is 16.9 Å². The van der Waals surface area contributed by atoms with Crippen molar-refractivity contribution in [2.75, 3.05) is 0 Å². The maximum absolute atomic E-state index is 12.1. The highest BCUT2D eigenvalue weighted by atomic mass is 79.9. The van der Waals surface area contributed by atoms with Gasteiger partial charge in [-0.05, 0) is 31.0 Å². The molecule has 0 N–H and O–H groups in total. The molecule has 0 bridgehead atoms. The molecule has 1 aliphatic carbocycles. The normalized spacial score (nSPS) is 17.2. The van der Waals surface area contributed by atoms with Crippen LogP contribution in [0.15, 0.2) is 37.9 Å². The van der Waals surface area contributed by atoms with Crippen LogP contribution in [0.25, 0.3) is 11.0 Å². The van der Waals surface area contributed by atoms with Gasteiger partial charge in [-0.25, -0.2) is 0 Å². The number of hydrogen-bond donors (Lipinski definition) is 0. The van der Waals surface area contributed by atoms with Gasteiger partial charge in [0.15, 0.2) is 5.43 Å². The van der Waals surface area contributed by atoms with E-state index in [9.17, 15) is 4.79 Å². The van der Waals surface area contributed by atoms with E-state index in [0.717, 1.165) is 23.1 Å². The molecule has 3 rings (SSSR count). The van der Waals surface area contributed by atoms with Crippen LogP contribution < -0.4 is 5.43 Å². The van der Waals surface area contributed by atoms with Crippen LogP contribution in [0.1, 0.15) is 43.8 Å². The molecule has 94 valence electrons. The predicted octanol–water partition coefficient (Wildman–Crippen LogP) is 4.60. The van der Waals surface area contributed by atoms with E-state index >= 15 is 0 Å². The molecule has 0 aliphatic heterocycles. The van der Waals surface area contributed by atoms with Crippen LogP contribution in [-0.4, -0.2) is 0 Å². The Morgan fingerprint density at radius 2 is 1.89 bits per heavy atom. The number of halogens is 1. The molecular weight excluding hydrogens is 292 g/mol. The third kappa shape index (κ3) is 2.24. The number of fused-ring (bicyclic) bond motifs is 1. The first-order valence-electron chi connectivity index (χ1n) is 6.47. The lowest BCUT2D eigenvalue weighted by molar-refractivity contribution is 0.380. The molecule has 2 aromatic rings. The smallest absolute Gasteiger partial charge is 0.192 e. The quantitative estimate of drug-likeness (QED) is 0.770. The van der Waals surface area contributed by atoms with Crippen molar-refractivity contribution in [3.8, 4) is 0 Å². The second-order valence-electron chi connectivity index (χ2n) is 4.99. The van der Waals surface area contributed by atoms with E-state index in [4.69, 9.17) is 4.42 Å². The maximum atomic E-state index is 12.1. The zero-order valence-electron chi connectivity index (χ0n) is 10.1. The molecule has 1 aromatic carbocycles. The fourth-order valence-electron chi connectivity index (χ4n) is 2.74.